The predicted octanol–water partition coefficient (Wildman–Crippen LogP) is 3.64. The lowest BCUT2D eigenvalue weighted by Gasteiger charge is -2.36. The van der Waals surface area contributed by atoms with Crippen molar-refractivity contribution in [3.05, 3.63) is 56.4 Å². The fourth-order valence-electron chi connectivity index (χ4n) is 5.12. The quantitative estimate of drug-likeness (QED) is 0.517. The zero-order valence-corrected chi connectivity index (χ0v) is 22.1. The van der Waals surface area contributed by atoms with Crippen molar-refractivity contribution < 1.29 is 9.59 Å². The third kappa shape index (κ3) is 4.86. The molecular formula is C26H30ClN5O3S. The molecule has 2 fully saturated rings. The number of anilines is 1. The topological polar surface area (TPSA) is 78.8 Å². The lowest BCUT2D eigenvalue weighted by atomic mass is 10.0. The maximum Gasteiger partial charge on any atom is 0.264 e. The molecule has 0 bridgehead atoms. The summed E-state index contributed by atoms with van der Waals surface area (Å²) in [4.78, 5) is 50.9. The molecular weight excluding hydrogens is 498 g/mol. The van der Waals surface area contributed by atoms with E-state index in [0.717, 1.165) is 31.6 Å². The van der Waals surface area contributed by atoms with E-state index >= 15 is 0 Å². The van der Waals surface area contributed by atoms with Crippen LogP contribution in [0, 0.1) is 12.8 Å². The summed E-state index contributed by atoms with van der Waals surface area (Å²) < 4.78 is 1.38. The Hall–Kier alpha value is -2.91. The molecule has 2 aliphatic heterocycles. The molecule has 0 spiro atoms. The minimum absolute atomic E-state index is 0.0292. The van der Waals surface area contributed by atoms with E-state index in [0.29, 0.717) is 57.8 Å². The van der Waals surface area contributed by atoms with Crippen molar-refractivity contribution in [1.82, 2.24) is 19.4 Å². The van der Waals surface area contributed by atoms with Crippen LogP contribution in [0.4, 0.5) is 5.69 Å². The van der Waals surface area contributed by atoms with Crippen LogP contribution in [-0.2, 0) is 11.3 Å². The fourth-order valence-corrected chi connectivity index (χ4v) is 6.41. The molecule has 0 saturated carbocycles. The number of aryl methyl sites for hydroxylation is 1. The van der Waals surface area contributed by atoms with Crippen LogP contribution in [0.2, 0.25) is 5.02 Å². The zero-order chi connectivity index (χ0) is 25.4. The van der Waals surface area contributed by atoms with Gasteiger partial charge in [-0.1, -0.05) is 24.6 Å². The van der Waals surface area contributed by atoms with Crippen molar-refractivity contribution in [3.63, 3.8) is 0 Å². The van der Waals surface area contributed by atoms with E-state index in [1.807, 2.05) is 34.1 Å². The number of nitrogens with zero attached hydrogens (tertiary/aromatic N) is 5. The van der Waals surface area contributed by atoms with Gasteiger partial charge in [-0.05, 0) is 49.4 Å². The highest BCUT2D eigenvalue weighted by Gasteiger charge is 2.27. The summed E-state index contributed by atoms with van der Waals surface area (Å²) in [5, 5.41) is 1.13. The standard InChI is InChI=1S/C26H30ClN5O3S/c1-17-5-4-8-31(14-17)21(33)15-32-16-28-24-22(25(32)34)18(2)23(36-24)26(35)30-11-9-29(10-12-30)20-7-3-6-19(27)13-20/h3,6-7,13,16-17H,4-5,8-12,14-15H2,1-2H3/t17-/m1/s1. The fraction of sp³-hybridized carbons (Fsp3) is 0.462. The first kappa shape index (κ1) is 24.8. The maximum absolute atomic E-state index is 13.4. The van der Waals surface area contributed by atoms with Crippen LogP contribution in [0.3, 0.4) is 0 Å². The Morgan fingerprint density at radius 2 is 1.92 bits per heavy atom. The van der Waals surface area contributed by atoms with Gasteiger partial charge in [-0.3, -0.25) is 19.0 Å². The van der Waals surface area contributed by atoms with E-state index < -0.39 is 0 Å². The molecule has 3 aromatic rings. The Bertz CT molecular complexity index is 1360. The number of thiophene rings is 1. The molecule has 4 heterocycles. The molecule has 2 saturated heterocycles. The molecule has 0 N–H and O–H groups in total. The molecule has 2 amide bonds. The Kier molecular flexibility index (Phi) is 7.03. The van der Waals surface area contributed by atoms with Crippen molar-refractivity contribution in [1.29, 1.82) is 0 Å². The second-order valence-corrected chi connectivity index (χ2v) is 11.2. The van der Waals surface area contributed by atoms with Crippen LogP contribution in [0.5, 0.6) is 0 Å². The summed E-state index contributed by atoms with van der Waals surface area (Å²) in [6.45, 7) is 7.95. The first-order chi connectivity index (χ1) is 17.3. The molecule has 36 heavy (non-hydrogen) atoms. The summed E-state index contributed by atoms with van der Waals surface area (Å²) in [5.41, 5.74) is 1.42. The first-order valence-corrected chi connectivity index (χ1v) is 13.6. The van der Waals surface area contributed by atoms with Gasteiger partial charge < -0.3 is 14.7 Å². The van der Waals surface area contributed by atoms with Crippen LogP contribution < -0.4 is 10.5 Å². The highest BCUT2D eigenvalue weighted by Crippen LogP contribution is 2.29. The van der Waals surface area contributed by atoms with Gasteiger partial charge in [0.2, 0.25) is 5.91 Å². The highest BCUT2D eigenvalue weighted by molar-refractivity contribution is 7.20. The molecule has 0 radical (unpaired) electrons. The van der Waals surface area contributed by atoms with Crippen molar-refractivity contribution in [2.75, 3.05) is 44.2 Å². The molecule has 8 nitrogen and oxygen atoms in total. The van der Waals surface area contributed by atoms with Crippen molar-refractivity contribution >= 4 is 50.7 Å². The van der Waals surface area contributed by atoms with E-state index in [1.165, 1.54) is 22.2 Å². The molecule has 5 rings (SSSR count). The highest BCUT2D eigenvalue weighted by atomic mass is 35.5. The summed E-state index contributed by atoms with van der Waals surface area (Å²) in [5.74, 6) is 0.331. The first-order valence-electron chi connectivity index (χ1n) is 12.4. The molecule has 2 aliphatic rings. The van der Waals surface area contributed by atoms with E-state index in [9.17, 15) is 14.4 Å². The van der Waals surface area contributed by atoms with Gasteiger partial charge in [-0.15, -0.1) is 11.3 Å². The number of carbonyl (C=O) groups excluding carboxylic acids is 2. The number of likely N-dealkylation sites (tertiary alicyclic amines) is 1. The SMILES string of the molecule is Cc1c(C(=O)N2CCN(c3cccc(Cl)c3)CC2)sc2ncn(CC(=O)N3CCC[C@@H](C)C3)c(=O)c12. The zero-order valence-electron chi connectivity index (χ0n) is 20.6. The van der Waals surface area contributed by atoms with Crippen molar-refractivity contribution in [2.45, 2.75) is 33.2 Å². The number of hydrogen-bond donors (Lipinski definition) is 0. The average molecular weight is 528 g/mol. The van der Waals surface area contributed by atoms with Crippen molar-refractivity contribution in [2.24, 2.45) is 5.92 Å². The van der Waals surface area contributed by atoms with Crippen LogP contribution in [-0.4, -0.2) is 70.4 Å². The number of hydrogen-bond acceptors (Lipinski definition) is 6. The van der Waals surface area contributed by atoms with Gasteiger partial charge in [-0.2, -0.15) is 0 Å². The van der Waals surface area contributed by atoms with Gasteiger partial charge in [-0.25, -0.2) is 4.98 Å². The van der Waals surface area contributed by atoms with E-state index in [-0.39, 0.29) is 23.9 Å². The lowest BCUT2D eigenvalue weighted by molar-refractivity contribution is -0.133. The van der Waals surface area contributed by atoms with E-state index in [2.05, 4.69) is 16.8 Å². The van der Waals surface area contributed by atoms with Gasteiger partial charge in [0.15, 0.2) is 0 Å². The molecule has 190 valence electrons. The molecule has 0 aliphatic carbocycles. The smallest absolute Gasteiger partial charge is 0.264 e. The molecule has 1 atom stereocenters. The summed E-state index contributed by atoms with van der Waals surface area (Å²) >= 11 is 7.38. The summed E-state index contributed by atoms with van der Waals surface area (Å²) in [6, 6.07) is 7.73. The maximum atomic E-state index is 13.4. The van der Waals surface area contributed by atoms with Crippen molar-refractivity contribution in [3.8, 4) is 0 Å². The third-order valence-corrected chi connectivity index (χ3v) is 8.59. The minimum atomic E-state index is -0.267. The molecule has 2 aromatic heterocycles. The average Bonchev–Trinajstić information content (AvgIpc) is 3.22. The molecule has 1 aromatic carbocycles. The van der Waals surface area contributed by atoms with Crippen LogP contribution in [0.1, 0.15) is 35.0 Å². The number of amides is 2. The Labute approximate surface area is 219 Å². The number of piperidine rings is 1. The third-order valence-electron chi connectivity index (χ3n) is 7.17. The van der Waals surface area contributed by atoms with E-state index in [4.69, 9.17) is 11.6 Å². The number of fused-ring (bicyclic) bond motifs is 1. The monoisotopic (exact) mass is 527 g/mol. The minimum Gasteiger partial charge on any atom is -0.368 e. The van der Waals surface area contributed by atoms with Gasteiger partial charge in [0.05, 0.1) is 16.6 Å². The van der Waals surface area contributed by atoms with Gasteiger partial charge in [0, 0.05) is 50.0 Å². The second kappa shape index (κ2) is 10.2. The van der Waals surface area contributed by atoms with Crippen LogP contribution in [0.15, 0.2) is 35.4 Å². The van der Waals surface area contributed by atoms with Crippen LogP contribution >= 0.6 is 22.9 Å². The summed E-state index contributed by atoms with van der Waals surface area (Å²) in [6.07, 6.45) is 3.54. The largest absolute Gasteiger partial charge is 0.368 e. The molecule has 0 unspecified atom stereocenters. The van der Waals surface area contributed by atoms with Gasteiger partial charge in [0.1, 0.15) is 11.4 Å². The number of benzene rings is 1. The Balaban J connectivity index is 1.31. The lowest BCUT2D eigenvalue weighted by Crippen LogP contribution is -2.48. The van der Waals surface area contributed by atoms with Crippen LogP contribution in [0.25, 0.3) is 10.2 Å². The van der Waals surface area contributed by atoms with E-state index in [1.54, 1.807) is 6.92 Å². The number of carbonyl (C=O) groups is 2. The number of piperazine rings is 1. The van der Waals surface area contributed by atoms with Gasteiger partial charge >= 0.3 is 0 Å². The number of aromatic nitrogens is 2. The predicted molar refractivity (Wildman–Crippen MR) is 143 cm³/mol. The number of rotatable bonds is 4. The van der Waals surface area contributed by atoms with Gasteiger partial charge in [0.25, 0.3) is 11.5 Å². The second-order valence-electron chi connectivity index (χ2n) is 9.76. The Morgan fingerprint density at radius 1 is 1.14 bits per heavy atom. The molecule has 10 heteroatoms. The number of halogens is 1. The Morgan fingerprint density at radius 3 is 2.64 bits per heavy atom. The summed E-state index contributed by atoms with van der Waals surface area (Å²) in [7, 11) is 0. The normalized spacial score (nSPS) is 18.6.